The zero-order valence-corrected chi connectivity index (χ0v) is 14.4. The second-order valence-electron chi connectivity index (χ2n) is 5.74. The normalized spacial score (nSPS) is 11.1. The smallest absolute Gasteiger partial charge is 0.343 e. The van der Waals surface area contributed by atoms with Gasteiger partial charge in [-0.2, -0.15) is 5.10 Å². The molecule has 140 valence electrons. The van der Waals surface area contributed by atoms with Crippen molar-refractivity contribution in [1.29, 1.82) is 0 Å². The van der Waals surface area contributed by atoms with Gasteiger partial charge in [0, 0.05) is 11.1 Å². The predicted molar refractivity (Wildman–Crippen MR) is 99.3 cm³/mol. The summed E-state index contributed by atoms with van der Waals surface area (Å²) in [7, 11) is 0. The van der Waals surface area contributed by atoms with Gasteiger partial charge in [0.2, 0.25) is 5.78 Å². The average Bonchev–Trinajstić information content (AvgIpc) is 2.69. The minimum Gasteiger partial charge on any atom is -0.423 e. The number of hydrogen-bond acceptors (Lipinski definition) is 5. The number of Topliss-reactive ketones (excluding diaryl/α,β-unsaturated/α-hetero) is 1. The summed E-state index contributed by atoms with van der Waals surface area (Å²) in [4.78, 5) is 24.6. The highest BCUT2D eigenvalue weighted by atomic mass is 19.1. The molecule has 3 aromatic rings. The van der Waals surface area contributed by atoms with Crippen LogP contribution in [-0.4, -0.2) is 17.5 Å². The van der Waals surface area contributed by atoms with Crippen molar-refractivity contribution in [3.8, 4) is 5.75 Å². The molecule has 3 rings (SSSR count). The van der Waals surface area contributed by atoms with Gasteiger partial charge in [0.05, 0.1) is 5.56 Å². The van der Waals surface area contributed by atoms with Crippen molar-refractivity contribution in [2.75, 3.05) is 0 Å². The molecule has 0 heterocycles. The molecular formula is C21H14F2N2O3. The summed E-state index contributed by atoms with van der Waals surface area (Å²) in [5, 5.41) is 3.51. The number of ketones is 1. The van der Waals surface area contributed by atoms with Gasteiger partial charge in [-0.15, -0.1) is 0 Å². The van der Waals surface area contributed by atoms with Gasteiger partial charge in [0.25, 0.3) is 0 Å². The summed E-state index contributed by atoms with van der Waals surface area (Å²) in [6, 6.07) is 16.1. The maximum atomic E-state index is 13.3. The van der Waals surface area contributed by atoms with Gasteiger partial charge in [-0.25, -0.2) is 13.6 Å². The van der Waals surface area contributed by atoms with Gasteiger partial charge < -0.3 is 10.6 Å². The lowest BCUT2D eigenvalue weighted by Gasteiger charge is -2.08. The molecule has 0 aliphatic rings. The molecule has 0 fully saturated rings. The first-order valence-corrected chi connectivity index (χ1v) is 8.14. The number of rotatable bonds is 5. The Kier molecular flexibility index (Phi) is 5.55. The fraction of sp³-hybridized carbons (Fsp3) is 0. The van der Waals surface area contributed by atoms with Crippen LogP contribution in [0.4, 0.5) is 8.78 Å². The van der Waals surface area contributed by atoms with Crippen LogP contribution in [0.2, 0.25) is 0 Å². The van der Waals surface area contributed by atoms with E-state index in [0.717, 1.165) is 12.1 Å². The molecule has 0 saturated heterocycles. The van der Waals surface area contributed by atoms with Gasteiger partial charge in [0.1, 0.15) is 23.1 Å². The molecule has 0 atom stereocenters. The van der Waals surface area contributed by atoms with Crippen molar-refractivity contribution in [3.05, 3.63) is 101 Å². The standard InChI is InChI=1S/C21H14F2N2O3/c22-16-5-1-3-14(11-16)20(26)19(25-24)13-7-9-18(10-8-13)28-21(27)15-4-2-6-17(23)12-15/h1-12H,24H2/b25-19+. The number of esters is 1. The molecule has 0 amide bonds. The van der Waals surface area contributed by atoms with Crippen molar-refractivity contribution in [2.45, 2.75) is 0 Å². The SMILES string of the molecule is N/N=C(/C(=O)c1cccc(F)c1)c1ccc(OC(=O)c2cccc(F)c2)cc1. The fourth-order valence-corrected chi connectivity index (χ4v) is 2.49. The molecule has 0 spiro atoms. The van der Waals surface area contributed by atoms with Crippen molar-refractivity contribution in [3.63, 3.8) is 0 Å². The van der Waals surface area contributed by atoms with Gasteiger partial charge in [-0.1, -0.05) is 18.2 Å². The van der Waals surface area contributed by atoms with E-state index in [2.05, 4.69) is 5.10 Å². The number of carbonyl (C=O) groups is 2. The van der Waals surface area contributed by atoms with E-state index in [0.29, 0.717) is 5.56 Å². The van der Waals surface area contributed by atoms with Crippen LogP contribution in [0.3, 0.4) is 0 Å². The van der Waals surface area contributed by atoms with E-state index >= 15 is 0 Å². The van der Waals surface area contributed by atoms with E-state index < -0.39 is 23.4 Å². The summed E-state index contributed by atoms with van der Waals surface area (Å²) in [6.45, 7) is 0. The highest BCUT2D eigenvalue weighted by molar-refractivity contribution is 6.51. The Balaban J connectivity index is 1.77. The quantitative estimate of drug-likeness (QED) is 0.183. The van der Waals surface area contributed by atoms with Crippen LogP contribution in [0.25, 0.3) is 0 Å². The Hall–Kier alpha value is -3.87. The number of benzene rings is 3. The highest BCUT2D eigenvalue weighted by Gasteiger charge is 2.17. The molecule has 2 N–H and O–H groups in total. The lowest BCUT2D eigenvalue weighted by atomic mass is 10.0. The fourth-order valence-electron chi connectivity index (χ4n) is 2.49. The summed E-state index contributed by atoms with van der Waals surface area (Å²) < 4.78 is 31.7. The second-order valence-corrected chi connectivity index (χ2v) is 5.74. The zero-order chi connectivity index (χ0) is 20.1. The Labute approximate surface area is 159 Å². The number of nitrogens with two attached hydrogens (primary N) is 1. The summed E-state index contributed by atoms with van der Waals surface area (Å²) in [5.74, 6) is 3.15. The highest BCUT2D eigenvalue weighted by Crippen LogP contribution is 2.17. The van der Waals surface area contributed by atoms with Gasteiger partial charge in [-0.05, 0) is 54.6 Å². The van der Waals surface area contributed by atoms with Crippen LogP contribution >= 0.6 is 0 Å². The molecular weight excluding hydrogens is 366 g/mol. The average molecular weight is 380 g/mol. The molecule has 0 aromatic heterocycles. The van der Waals surface area contributed by atoms with Gasteiger partial charge >= 0.3 is 5.97 Å². The number of halogens is 2. The minimum atomic E-state index is -0.726. The van der Waals surface area contributed by atoms with Crippen molar-refractivity contribution in [2.24, 2.45) is 10.9 Å². The van der Waals surface area contributed by atoms with Crippen LogP contribution in [0.5, 0.6) is 5.75 Å². The van der Waals surface area contributed by atoms with Crippen LogP contribution in [0, 0.1) is 11.6 Å². The summed E-state index contributed by atoms with van der Waals surface area (Å²) in [5.41, 5.74) is 0.455. The Morgan fingerprint density at radius 2 is 1.36 bits per heavy atom. The zero-order valence-electron chi connectivity index (χ0n) is 14.4. The van der Waals surface area contributed by atoms with Crippen molar-refractivity contribution >= 4 is 17.5 Å². The van der Waals surface area contributed by atoms with E-state index in [1.165, 1.54) is 60.7 Å². The first-order valence-electron chi connectivity index (χ1n) is 8.14. The third kappa shape index (κ3) is 4.27. The minimum absolute atomic E-state index is 0.0644. The first-order chi connectivity index (χ1) is 13.5. The van der Waals surface area contributed by atoms with E-state index in [4.69, 9.17) is 10.6 Å². The number of nitrogens with zero attached hydrogens (tertiary/aromatic N) is 1. The third-order valence-corrected chi connectivity index (χ3v) is 3.83. The largest absolute Gasteiger partial charge is 0.423 e. The molecule has 5 nitrogen and oxygen atoms in total. The summed E-state index contributed by atoms with van der Waals surface area (Å²) in [6.07, 6.45) is 0. The van der Waals surface area contributed by atoms with Crippen LogP contribution in [0.15, 0.2) is 77.9 Å². The molecule has 3 aromatic carbocycles. The lowest BCUT2D eigenvalue weighted by molar-refractivity contribution is 0.0734. The van der Waals surface area contributed by atoms with E-state index in [-0.39, 0.29) is 22.6 Å². The number of hydrogen-bond donors (Lipinski definition) is 1. The lowest BCUT2D eigenvalue weighted by Crippen LogP contribution is -2.18. The van der Waals surface area contributed by atoms with E-state index in [9.17, 15) is 18.4 Å². The van der Waals surface area contributed by atoms with E-state index in [1.807, 2.05) is 0 Å². The number of hydrazone groups is 1. The molecule has 0 radical (unpaired) electrons. The molecule has 0 saturated carbocycles. The van der Waals surface area contributed by atoms with Crippen LogP contribution in [0.1, 0.15) is 26.3 Å². The van der Waals surface area contributed by atoms with Gasteiger partial charge in [-0.3, -0.25) is 4.79 Å². The summed E-state index contributed by atoms with van der Waals surface area (Å²) >= 11 is 0. The molecule has 0 aliphatic heterocycles. The second kappa shape index (κ2) is 8.22. The van der Waals surface area contributed by atoms with Gasteiger partial charge in [0.15, 0.2) is 0 Å². The van der Waals surface area contributed by atoms with Crippen LogP contribution < -0.4 is 10.6 Å². The molecule has 0 aliphatic carbocycles. The van der Waals surface area contributed by atoms with Crippen molar-refractivity contribution in [1.82, 2.24) is 0 Å². The monoisotopic (exact) mass is 380 g/mol. The topological polar surface area (TPSA) is 81.8 Å². The predicted octanol–water partition coefficient (Wildman–Crippen LogP) is 3.73. The molecule has 28 heavy (non-hydrogen) atoms. The molecule has 0 bridgehead atoms. The number of ether oxygens (including phenoxy) is 1. The maximum absolute atomic E-state index is 13.3. The van der Waals surface area contributed by atoms with Crippen LogP contribution in [-0.2, 0) is 0 Å². The number of carbonyl (C=O) groups excluding carboxylic acids is 2. The molecule has 0 unspecified atom stereocenters. The Bertz CT molecular complexity index is 1060. The first kappa shape index (κ1) is 18.9. The maximum Gasteiger partial charge on any atom is 0.343 e. The molecule has 7 heteroatoms. The Morgan fingerprint density at radius 3 is 1.93 bits per heavy atom. The van der Waals surface area contributed by atoms with Crippen molar-refractivity contribution < 1.29 is 23.1 Å². The Morgan fingerprint density at radius 1 is 0.786 bits per heavy atom. The van der Waals surface area contributed by atoms with E-state index in [1.54, 1.807) is 0 Å². The third-order valence-electron chi connectivity index (χ3n) is 3.83.